The molecule has 166 valence electrons. The monoisotopic (exact) mass is 446 g/mol. The maximum absolute atomic E-state index is 13.7. The Balaban J connectivity index is 2.42. The van der Waals surface area contributed by atoms with Crippen molar-refractivity contribution in [2.75, 3.05) is 6.54 Å². The van der Waals surface area contributed by atoms with E-state index in [0.29, 0.717) is 12.8 Å². The fourth-order valence-corrected chi connectivity index (χ4v) is 2.67. The maximum Gasteiger partial charge on any atom is 0.408 e. The SMILES string of the molecule is CCC[C@H](NC(=O)O[C@@H](CCCCNC(=O)c1ccc(Cl)cc1F)C(=O)O)C(=O)O. The maximum atomic E-state index is 13.7. The van der Waals surface area contributed by atoms with Gasteiger partial charge in [-0.25, -0.2) is 18.8 Å². The number of unbranched alkanes of at least 4 members (excludes halogenated alkanes) is 1. The summed E-state index contributed by atoms with van der Waals surface area (Å²) in [6, 6.07) is 2.49. The van der Waals surface area contributed by atoms with Crippen molar-refractivity contribution in [2.24, 2.45) is 0 Å². The Bertz CT molecular complexity index is 775. The van der Waals surface area contributed by atoms with Gasteiger partial charge in [0.25, 0.3) is 5.91 Å². The number of alkyl carbamates (subject to hydrolysis) is 1. The molecule has 0 saturated heterocycles. The molecular weight excluding hydrogens is 423 g/mol. The molecule has 1 rings (SSSR count). The van der Waals surface area contributed by atoms with Crippen LogP contribution in [0.2, 0.25) is 5.02 Å². The number of nitrogens with one attached hydrogen (secondary N) is 2. The Hall–Kier alpha value is -2.88. The van der Waals surface area contributed by atoms with Crippen LogP contribution in [0, 0.1) is 5.82 Å². The van der Waals surface area contributed by atoms with Crippen molar-refractivity contribution >= 4 is 35.5 Å². The van der Waals surface area contributed by atoms with Gasteiger partial charge in [-0.2, -0.15) is 0 Å². The van der Waals surface area contributed by atoms with Crippen LogP contribution in [-0.2, 0) is 14.3 Å². The molecule has 0 aliphatic rings. The largest absolute Gasteiger partial charge is 0.480 e. The third kappa shape index (κ3) is 8.64. The zero-order valence-electron chi connectivity index (χ0n) is 16.3. The van der Waals surface area contributed by atoms with Crippen LogP contribution >= 0.6 is 11.6 Å². The lowest BCUT2D eigenvalue weighted by molar-refractivity contribution is -0.147. The second-order valence-corrected chi connectivity index (χ2v) is 6.87. The fourth-order valence-electron chi connectivity index (χ4n) is 2.51. The second-order valence-electron chi connectivity index (χ2n) is 6.43. The molecule has 0 saturated carbocycles. The van der Waals surface area contributed by atoms with Crippen LogP contribution in [0.4, 0.5) is 9.18 Å². The van der Waals surface area contributed by atoms with Crippen molar-refractivity contribution in [2.45, 2.75) is 51.2 Å². The highest BCUT2D eigenvalue weighted by Crippen LogP contribution is 2.14. The van der Waals surface area contributed by atoms with E-state index < -0.39 is 41.9 Å². The third-order valence-corrected chi connectivity index (χ3v) is 4.28. The molecule has 0 bridgehead atoms. The molecule has 0 radical (unpaired) electrons. The van der Waals surface area contributed by atoms with E-state index in [2.05, 4.69) is 10.6 Å². The minimum Gasteiger partial charge on any atom is -0.480 e. The molecule has 0 fully saturated rings. The summed E-state index contributed by atoms with van der Waals surface area (Å²) in [5, 5.41) is 23.0. The number of aliphatic carboxylic acids is 2. The van der Waals surface area contributed by atoms with E-state index in [1.165, 1.54) is 12.1 Å². The number of carbonyl (C=O) groups is 4. The number of halogens is 2. The highest BCUT2D eigenvalue weighted by Gasteiger charge is 2.25. The van der Waals surface area contributed by atoms with Gasteiger partial charge in [0.05, 0.1) is 5.56 Å². The Labute approximate surface area is 177 Å². The zero-order valence-corrected chi connectivity index (χ0v) is 17.1. The molecule has 1 aromatic rings. The molecule has 1 aromatic carbocycles. The van der Waals surface area contributed by atoms with Gasteiger partial charge in [-0.15, -0.1) is 0 Å². The quantitative estimate of drug-likeness (QED) is 0.361. The summed E-state index contributed by atoms with van der Waals surface area (Å²) in [4.78, 5) is 46.0. The molecule has 0 aliphatic carbocycles. The Morgan fingerprint density at radius 1 is 1.13 bits per heavy atom. The number of hydrogen-bond acceptors (Lipinski definition) is 5. The molecule has 0 aromatic heterocycles. The van der Waals surface area contributed by atoms with Gasteiger partial charge in [-0.05, 0) is 43.9 Å². The van der Waals surface area contributed by atoms with Crippen molar-refractivity contribution in [3.05, 3.63) is 34.6 Å². The number of carboxylic acid groups (broad SMARTS) is 2. The average Bonchev–Trinajstić information content (AvgIpc) is 2.65. The molecular formula is C19H24ClFN2O7. The van der Waals surface area contributed by atoms with Crippen LogP contribution in [-0.4, -0.2) is 52.8 Å². The van der Waals surface area contributed by atoms with E-state index in [1.807, 2.05) is 0 Å². The number of benzene rings is 1. The van der Waals surface area contributed by atoms with Crippen molar-refractivity contribution < 1.29 is 38.5 Å². The van der Waals surface area contributed by atoms with E-state index in [4.69, 9.17) is 21.4 Å². The first-order chi connectivity index (χ1) is 14.1. The molecule has 11 heteroatoms. The first kappa shape index (κ1) is 25.2. The fraction of sp³-hybridized carbons (Fsp3) is 0.474. The summed E-state index contributed by atoms with van der Waals surface area (Å²) < 4.78 is 18.5. The number of carboxylic acids is 2. The van der Waals surface area contributed by atoms with Gasteiger partial charge < -0.3 is 25.6 Å². The van der Waals surface area contributed by atoms with Crippen LogP contribution in [0.3, 0.4) is 0 Å². The van der Waals surface area contributed by atoms with Gasteiger partial charge in [0.1, 0.15) is 11.9 Å². The molecule has 0 spiro atoms. The third-order valence-electron chi connectivity index (χ3n) is 4.05. The lowest BCUT2D eigenvalue weighted by Gasteiger charge is -2.17. The molecule has 0 heterocycles. The topological polar surface area (TPSA) is 142 Å². The van der Waals surface area contributed by atoms with E-state index >= 15 is 0 Å². The standard InChI is InChI=1S/C19H24ClFN2O7/c1-2-5-14(17(25)26)23-19(29)30-15(18(27)28)6-3-4-9-22-16(24)12-8-7-11(20)10-13(12)21/h7-8,10,14-15H,2-6,9H2,1H3,(H,22,24)(H,23,29)(H,25,26)(H,27,28)/t14-,15-/m0/s1. The number of carbonyl (C=O) groups excluding carboxylic acids is 2. The number of rotatable bonds is 12. The van der Waals surface area contributed by atoms with E-state index in [0.717, 1.165) is 6.07 Å². The Morgan fingerprint density at radius 2 is 1.83 bits per heavy atom. The smallest absolute Gasteiger partial charge is 0.408 e. The normalized spacial score (nSPS) is 12.5. The van der Waals surface area contributed by atoms with E-state index in [1.54, 1.807) is 6.92 Å². The van der Waals surface area contributed by atoms with Crippen molar-refractivity contribution in [1.29, 1.82) is 0 Å². The summed E-state index contributed by atoms with van der Waals surface area (Å²) in [5.74, 6) is -4.01. The second kappa shape index (κ2) is 12.6. The number of ether oxygens (including phenoxy) is 1. The van der Waals surface area contributed by atoms with E-state index in [9.17, 15) is 28.7 Å². The molecule has 0 unspecified atom stereocenters. The van der Waals surface area contributed by atoms with Crippen LogP contribution in [0.25, 0.3) is 0 Å². The van der Waals surface area contributed by atoms with Gasteiger partial charge in [0.2, 0.25) is 6.10 Å². The van der Waals surface area contributed by atoms with Crippen molar-refractivity contribution in [3.8, 4) is 0 Å². The van der Waals surface area contributed by atoms with Crippen LogP contribution in [0.15, 0.2) is 18.2 Å². The highest BCUT2D eigenvalue weighted by atomic mass is 35.5. The van der Waals surface area contributed by atoms with Gasteiger partial charge >= 0.3 is 18.0 Å². The summed E-state index contributed by atoms with van der Waals surface area (Å²) in [5.41, 5.74) is -0.164. The average molecular weight is 447 g/mol. The minimum atomic E-state index is -1.47. The van der Waals surface area contributed by atoms with Gasteiger partial charge in [0.15, 0.2) is 0 Å². The van der Waals surface area contributed by atoms with Gasteiger partial charge in [-0.1, -0.05) is 24.9 Å². The number of hydrogen-bond donors (Lipinski definition) is 4. The number of amides is 2. The highest BCUT2D eigenvalue weighted by molar-refractivity contribution is 6.30. The molecule has 9 nitrogen and oxygen atoms in total. The zero-order chi connectivity index (χ0) is 22.7. The molecule has 30 heavy (non-hydrogen) atoms. The lowest BCUT2D eigenvalue weighted by atomic mass is 10.1. The summed E-state index contributed by atoms with van der Waals surface area (Å²) in [6.45, 7) is 1.89. The molecule has 2 amide bonds. The predicted octanol–water partition coefficient (Wildman–Crippen LogP) is 2.81. The Kier molecular flexibility index (Phi) is 10.6. The van der Waals surface area contributed by atoms with Crippen LogP contribution < -0.4 is 10.6 Å². The van der Waals surface area contributed by atoms with Crippen LogP contribution in [0.1, 0.15) is 49.4 Å². The summed E-state index contributed by atoms with van der Waals surface area (Å²) >= 11 is 5.63. The van der Waals surface area contributed by atoms with Crippen LogP contribution in [0.5, 0.6) is 0 Å². The first-order valence-electron chi connectivity index (χ1n) is 9.31. The van der Waals surface area contributed by atoms with Gasteiger partial charge in [-0.3, -0.25) is 4.79 Å². The van der Waals surface area contributed by atoms with Crippen molar-refractivity contribution in [3.63, 3.8) is 0 Å². The minimum absolute atomic E-state index is 0.0422. The molecule has 4 N–H and O–H groups in total. The summed E-state index contributed by atoms with van der Waals surface area (Å²) in [7, 11) is 0. The first-order valence-corrected chi connectivity index (χ1v) is 9.69. The molecule has 2 atom stereocenters. The molecule has 0 aliphatic heterocycles. The summed E-state index contributed by atoms with van der Waals surface area (Å²) in [6.07, 6.45) is -1.32. The van der Waals surface area contributed by atoms with E-state index in [-0.39, 0.29) is 36.4 Å². The Morgan fingerprint density at radius 3 is 2.40 bits per heavy atom. The predicted molar refractivity (Wildman–Crippen MR) is 105 cm³/mol. The lowest BCUT2D eigenvalue weighted by Crippen LogP contribution is -2.43. The van der Waals surface area contributed by atoms with Gasteiger partial charge in [0, 0.05) is 11.6 Å². The van der Waals surface area contributed by atoms with Crippen molar-refractivity contribution in [1.82, 2.24) is 10.6 Å².